The third-order valence-corrected chi connectivity index (χ3v) is 8.76. The van der Waals surface area contributed by atoms with E-state index in [4.69, 9.17) is 0 Å². The maximum Gasteiger partial charge on any atom is 0.330 e. The van der Waals surface area contributed by atoms with Gasteiger partial charge in [-0.3, -0.25) is 9.59 Å². The Labute approximate surface area is 250 Å². The number of carbonyl (C=O) groups excluding carboxylic acids is 3. The number of benzene rings is 1. The second-order valence-electron chi connectivity index (χ2n) is 12.9. The molecule has 4 N–H and O–H groups in total. The van der Waals surface area contributed by atoms with Crippen LogP contribution >= 0.6 is 0 Å². The Morgan fingerprint density at radius 1 is 1.14 bits per heavy atom. The highest BCUT2D eigenvalue weighted by Crippen LogP contribution is 2.45. The maximum absolute atomic E-state index is 14.2. The highest BCUT2D eigenvalue weighted by atomic mass is 16.4. The Balaban J connectivity index is 1.40. The van der Waals surface area contributed by atoms with Crippen LogP contribution in [0, 0.1) is 11.3 Å². The number of carboxylic acids is 1. The summed E-state index contributed by atoms with van der Waals surface area (Å²) in [5.41, 5.74) is -1.38. The fourth-order valence-electron chi connectivity index (χ4n) is 6.12. The number of rotatable bonds is 9. The van der Waals surface area contributed by atoms with Gasteiger partial charge in [0.25, 0.3) is 0 Å². The van der Waals surface area contributed by atoms with Crippen LogP contribution in [0.3, 0.4) is 0 Å². The van der Waals surface area contributed by atoms with Crippen molar-refractivity contribution in [3.8, 4) is 11.4 Å². The minimum absolute atomic E-state index is 0.0613. The van der Waals surface area contributed by atoms with Gasteiger partial charge < -0.3 is 26.0 Å². The molecule has 1 saturated heterocycles. The molecule has 43 heavy (non-hydrogen) atoms. The SMILES string of the molecule is C=CC1CC1(NC(=O)C1CC(n2nnc(-c3ccccc3)n2)CN1C(=O)C(NC(=O)NC1CCCC1)C(C)(C)C)C(=O)O. The number of tetrazole rings is 1. The number of aromatic nitrogens is 4. The molecule has 1 aromatic carbocycles. The zero-order valence-electron chi connectivity index (χ0n) is 24.8. The van der Waals surface area contributed by atoms with E-state index < -0.39 is 58.8 Å². The van der Waals surface area contributed by atoms with Gasteiger partial charge >= 0.3 is 12.0 Å². The summed E-state index contributed by atoms with van der Waals surface area (Å²) in [4.78, 5) is 55.9. The van der Waals surface area contributed by atoms with E-state index in [0.29, 0.717) is 5.82 Å². The van der Waals surface area contributed by atoms with E-state index in [2.05, 4.69) is 37.9 Å². The van der Waals surface area contributed by atoms with Crippen molar-refractivity contribution >= 4 is 23.8 Å². The molecule has 1 aliphatic heterocycles. The zero-order valence-corrected chi connectivity index (χ0v) is 24.8. The molecular weight excluding hydrogens is 552 g/mol. The van der Waals surface area contributed by atoms with Crippen molar-refractivity contribution in [1.29, 1.82) is 0 Å². The Morgan fingerprint density at radius 2 is 1.84 bits per heavy atom. The van der Waals surface area contributed by atoms with Crippen LogP contribution in [-0.4, -0.2) is 84.2 Å². The van der Waals surface area contributed by atoms with Crippen LogP contribution in [0.15, 0.2) is 43.0 Å². The zero-order chi connectivity index (χ0) is 30.9. The summed E-state index contributed by atoms with van der Waals surface area (Å²) in [6.07, 6.45) is 5.76. The van der Waals surface area contributed by atoms with Crippen molar-refractivity contribution < 1.29 is 24.3 Å². The lowest BCUT2D eigenvalue weighted by Gasteiger charge is -2.35. The first-order chi connectivity index (χ1) is 20.4. The highest BCUT2D eigenvalue weighted by Gasteiger charge is 2.61. The van der Waals surface area contributed by atoms with Crippen LogP contribution in [0.5, 0.6) is 0 Å². The van der Waals surface area contributed by atoms with E-state index in [1.807, 2.05) is 51.1 Å². The molecule has 5 unspecified atom stereocenters. The average molecular weight is 593 g/mol. The average Bonchev–Trinajstić information content (AvgIpc) is 3.43. The number of carboxylic acid groups (broad SMARTS) is 1. The molecule has 5 atom stereocenters. The molecule has 2 saturated carbocycles. The summed E-state index contributed by atoms with van der Waals surface area (Å²) < 4.78 is 0. The molecule has 2 aliphatic carbocycles. The molecule has 2 heterocycles. The van der Waals surface area contributed by atoms with Gasteiger partial charge in [0.2, 0.25) is 17.6 Å². The first kappa shape index (κ1) is 30.2. The summed E-state index contributed by atoms with van der Waals surface area (Å²) >= 11 is 0. The van der Waals surface area contributed by atoms with Crippen molar-refractivity contribution in [2.75, 3.05) is 6.54 Å². The minimum Gasteiger partial charge on any atom is -0.479 e. The predicted octanol–water partition coefficient (Wildman–Crippen LogP) is 2.28. The van der Waals surface area contributed by atoms with Gasteiger partial charge in [0.05, 0.1) is 6.04 Å². The molecule has 3 aliphatic rings. The highest BCUT2D eigenvalue weighted by molar-refractivity contribution is 5.96. The fraction of sp³-hybridized carbons (Fsp3) is 0.567. The van der Waals surface area contributed by atoms with Gasteiger partial charge in [0.15, 0.2) is 0 Å². The second kappa shape index (κ2) is 11.8. The smallest absolute Gasteiger partial charge is 0.330 e. The van der Waals surface area contributed by atoms with Gasteiger partial charge in [-0.15, -0.1) is 16.8 Å². The topological polar surface area (TPSA) is 171 Å². The van der Waals surface area contributed by atoms with Crippen LogP contribution < -0.4 is 16.0 Å². The van der Waals surface area contributed by atoms with E-state index in [1.54, 1.807) is 0 Å². The quantitative estimate of drug-likeness (QED) is 0.321. The summed E-state index contributed by atoms with van der Waals surface area (Å²) in [5, 5.41) is 31.3. The molecule has 1 aromatic heterocycles. The van der Waals surface area contributed by atoms with Crippen molar-refractivity contribution in [2.45, 2.75) is 89.0 Å². The molecule has 0 spiro atoms. The fourth-order valence-corrected chi connectivity index (χ4v) is 6.12. The van der Waals surface area contributed by atoms with Crippen molar-refractivity contribution in [2.24, 2.45) is 11.3 Å². The third-order valence-electron chi connectivity index (χ3n) is 8.76. The van der Waals surface area contributed by atoms with E-state index in [-0.39, 0.29) is 25.4 Å². The van der Waals surface area contributed by atoms with Crippen molar-refractivity contribution in [3.63, 3.8) is 0 Å². The number of nitrogens with zero attached hydrogens (tertiary/aromatic N) is 5. The molecule has 3 fully saturated rings. The molecule has 13 nitrogen and oxygen atoms in total. The normalized spacial score (nSPS) is 26.0. The Kier molecular flexibility index (Phi) is 8.26. The van der Waals surface area contributed by atoms with Gasteiger partial charge in [-0.2, -0.15) is 4.80 Å². The van der Waals surface area contributed by atoms with E-state index >= 15 is 0 Å². The predicted molar refractivity (Wildman–Crippen MR) is 156 cm³/mol. The molecule has 13 heteroatoms. The second-order valence-corrected chi connectivity index (χ2v) is 12.9. The molecule has 230 valence electrons. The monoisotopic (exact) mass is 592 g/mol. The summed E-state index contributed by atoms with van der Waals surface area (Å²) in [7, 11) is 0. The molecule has 0 radical (unpaired) electrons. The number of hydrogen-bond donors (Lipinski definition) is 4. The molecule has 0 bridgehead atoms. The molecule has 2 aromatic rings. The molecule has 5 rings (SSSR count). The standard InChI is InChI=1S/C30H40N8O5/c1-5-19-16-30(19,27(41)42)33-25(39)22-15-21(38-35-24(34-36-38)18-11-7-6-8-12-18)17-37(22)26(40)23(29(2,3)4)32-28(43)31-20-13-9-10-14-20/h5-8,11-12,19-23H,1,9-10,13-17H2,2-4H3,(H,33,39)(H,41,42)(H2,31,32,43). The van der Waals surface area contributed by atoms with Crippen LogP contribution in [0.2, 0.25) is 0 Å². The largest absolute Gasteiger partial charge is 0.479 e. The van der Waals surface area contributed by atoms with Crippen LogP contribution in [0.4, 0.5) is 4.79 Å². The van der Waals surface area contributed by atoms with E-state index in [1.165, 1.54) is 15.8 Å². The Morgan fingerprint density at radius 3 is 2.44 bits per heavy atom. The van der Waals surface area contributed by atoms with E-state index in [9.17, 15) is 24.3 Å². The van der Waals surface area contributed by atoms with Crippen LogP contribution in [-0.2, 0) is 14.4 Å². The number of aliphatic carboxylic acids is 1. The number of amides is 4. The first-order valence-electron chi connectivity index (χ1n) is 14.8. The number of carbonyl (C=O) groups is 4. The van der Waals surface area contributed by atoms with Crippen LogP contribution in [0.1, 0.15) is 65.3 Å². The maximum atomic E-state index is 14.2. The Hall–Kier alpha value is -4.29. The number of nitrogens with one attached hydrogen (secondary N) is 3. The number of urea groups is 1. The van der Waals surface area contributed by atoms with Gasteiger partial charge in [-0.25, -0.2) is 9.59 Å². The van der Waals surface area contributed by atoms with Gasteiger partial charge in [0.1, 0.15) is 17.6 Å². The molecular formula is C30H40N8O5. The van der Waals surface area contributed by atoms with Gasteiger partial charge in [-0.05, 0) is 29.9 Å². The van der Waals surface area contributed by atoms with E-state index in [0.717, 1.165) is 31.2 Å². The summed E-state index contributed by atoms with van der Waals surface area (Å²) in [6, 6.07) is 6.47. The van der Waals surface area contributed by atoms with Crippen molar-refractivity contribution in [1.82, 2.24) is 41.1 Å². The lowest BCUT2D eigenvalue weighted by Crippen LogP contribution is -2.60. The third kappa shape index (κ3) is 6.25. The lowest BCUT2D eigenvalue weighted by molar-refractivity contribution is -0.146. The van der Waals surface area contributed by atoms with Crippen molar-refractivity contribution in [3.05, 3.63) is 43.0 Å². The summed E-state index contributed by atoms with van der Waals surface area (Å²) in [5.74, 6) is -2.19. The first-order valence-corrected chi connectivity index (χ1v) is 14.8. The lowest BCUT2D eigenvalue weighted by atomic mass is 9.85. The number of hydrogen-bond acceptors (Lipinski definition) is 7. The van der Waals surface area contributed by atoms with Crippen LogP contribution in [0.25, 0.3) is 11.4 Å². The Bertz CT molecular complexity index is 1380. The minimum atomic E-state index is -1.46. The van der Waals surface area contributed by atoms with Gasteiger partial charge in [0, 0.05) is 30.5 Å². The molecule has 4 amide bonds. The number of likely N-dealkylation sites (tertiary alicyclic amines) is 1. The summed E-state index contributed by atoms with van der Waals surface area (Å²) in [6.45, 7) is 9.30. The van der Waals surface area contributed by atoms with Gasteiger partial charge in [-0.1, -0.05) is 70.0 Å².